The van der Waals surface area contributed by atoms with E-state index in [1.807, 2.05) is 12.1 Å². The van der Waals surface area contributed by atoms with Gasteiger partial charge in [-0.3, -0.25) is 0 Å². The molecule has 3 rings (SSSR count). The molecule has 2 aliphatic carbocycles. The summed E-state index contributed by atoms with van der Waals surface area (Å²) in [6.45, 7) is 5.32. The van der Waals surface area contributed by atoms with Gasteiger partial charge in [0.1, 0.15) is 5.75 Å². The summed E-state index contributed by atoms with van der Waals surface area (Å²) >= 11 is 0. The highest BCUT2D eigenvalue weighted by Gasteiger charge is 2.29. The van der Waals surface area contributed by atoms with Gasteiger partial charge >= 0.3 is 0 Å². The van der Waals surface area contributed by atoms with E-state index in [0.29, 0.717) is 0 Å². The minimum absolute atomic E-state index is 0.737. The standard InChI is InChI=1S/C29H42O/c1-3-5-23-30-29-21-15-26(16-22-29)10-7-6-9-25-13-19-28(20-14-25)27-17-11-24(8-4-2)12-18-27/h6,9,15-16,21-22,24-25,27-28H,3-5,8,11-14,17-20,23H2,1-2H3. The second kappa shape index (κ2) is 12.9. The molecule has 0 bridgehead atoms. The topological polar surface area (TPSA) is 9.23 Å². The van der Waals surface area contributed by atoms with Gasteiger partial charge in [-0.25, -0.2) is 0 Å². The third-order valence-corrected chi connectivity index (χ3v) is 7.36. The van der Waals surface area contributed by atoms with E-state index in [4.69, 9.17) is 4.74 Å². The lowest BCUT2D eigenvalue weighted by atomic mass is 9.69. The minimum Gasteiger partial charge on any atom is -0.494 e. The lowest BCUT2D eigenvalue weighted by molar-refractivity contribution is 0.152. The lowest BCUT2D eigenvalue weighted by Gasteiger charge is -2.37. The Labute approximate surface area is 185 Å². The molecule has 0 atom stereocenters. The van der Waals surface area contributed by atoms with Crippen LogP contribution in [0, 0.1) is 35.5 Å². The molecule has 2 aliphatic rings. The smallest absolute Gasteiger partial charge is 0.119 e. The molecule has 1 aromatic carbocycles. The molecule has 0 amide bonds. The summed E-state index contributed by atoms with van der Waals surface area (Å²) < 4.78 is 5.71. The summed E-state index contributed by atoms with van der Waals surface area (Å²) in [6.07, 6.45) is 21.2. The number of rotatable bonds is 8. The fourth-order valence-electron chi connectivity index (χ4n) is 5.44. The van der Waals surface area contributed by atoms with E-state index in [-0.39, 0.29) is 0 Å². The Bertz CT molecular complexity index is 673. The van der Waals surface area contributed by atoms with Crippen molar-refractivity contribution in [3.8, 4) is 17.6 Å². The van der Waals surface area contributed by atoms with Crippen molar-refractivity contribution < 1.29 is 4.74 Å². The first kappa shape index (κ1) is 23.0. The van der Waals surface area contributed by atoms with E-state index < -0.39 is 0 Å². The highest BCUT2D eigenvalue weighted by Crippen LogP contribution is 2.42. The number of allylic oxidation sites excluding steroid dienone is 2. The van der Waals surface area contributed by atoms with Crippen molar-refractivity contribution in [3.63, 3.8) is 0 Å². The van der Waals surface area contributed by atoms with E-state index >= 15 is 0 Å². The molecule has 2 saturated carbocycles. The van der Waals surface area contributed by atoms with Crippen LogP contribution in [0.4, 0.5) is 0 Å². The molecule has 0 aliphatic heterocycles. The maximum atomic E-state index is 5.71. The van der Waals surface area contributed by atoms with Crippen LogP contribution in [0.2, 0.25) is 0 Å². The van der Waals surface area contributed by atoms with Crippen molar-refractivity contribution in [2.24, 2.45) is 23.7 Å². The average molecular weight is 407 g/mol. The maximum Gasteiger partial charge on any atom is 0.119 e. The van der Waals surface area contributed by atoms with E-state index in [1.54, 1.807) is 0 Å². The average Bonchev–Trinajstić information content (AvgIpc) is 2.79. The van der Waals surface area contributed by atoms with Gasteiger partial charge in [0, 0.05) is 5.56 Å². The Kier molecular flexibility index (Phi) is 9.88. The van der Waals surface area contributed by atoms with E-state index in [1.165, 1.54) is 64.2 Å². The normalized spacial score (nSPS) is 26.9. The third-order valence-electron chi connectivity index (χ3n) is 7.36. The molecule has 1 heteroatoms. The van der Waals surface area contributed by atoms with Gasteiger partial charge in [0.05, 0.1) is 6.61 Å². The fraction of sp³-hybridized carbons (Fsp3) is 0.655. The summed E-state index contributed by atoms with van der Waals surface area (Å²) in [6, 6.07) is 8.17. The van der Waals surface area contributed by atoms with Gasteiger partial charge in [-0.15, -0.1) is 0 Å². The van der Waals surface area contributed by atoms with Gasteiger partial charge in [0.2, 0.25) is 0 Å². The van der Waals surface area contributed by atoms with Crippen molar-refractivity contribution in [2.75, 3.05) is 6.61 Å². The van der Waals surface area contributed by atoms with Crippen LogP contribution in [0.3, 0.4) is 0 Å². The summed E-state index contributed by atoms with van der Waals surface area (Å²) in [5.41, 5.74) is 1.06. The maximum absolute atomic E-state index is 5.71. The first-order valence-corrected chi connectivity index (χ1v) is 12.7. The number of hydrogen-bond donors (Lipinski definition) is 0. The van der Waals surface area contributed by atoms with Crippen molar-refractivity contribution in [1.82, 2.24) is 0 Å². The van der Waals surface area contributed by atoms with Crippen molar-refractivity contribution in [2.45, 2.75) is 90.9 Å². The highest BCUT2D eigenvalue weighted by molar-refractivity contribution is 5.40. The molecule has 0 radical (unpaired) electrons. The molecule has 30 heavy (non-hydrogen) atoms. The van der Waals surface area contributed by atoms with Crippen molar-refractivity contribution in [1.29, 1.82) is 0 Å². The Morgan fingerprint density at radius 1 is 0.867 bits per heavy atom. The van der Waals surface area contributed by atoms with Gasteiger partial charge in [-0.05, 0) is 99.0 Å². The Morgan fingerprint density at radius 2 is 1.53 bits per heavy atom. The van der Waals surface area contributed by atoms with Crippen LogP contribution in [-0.4, -0.2) is 6.61 Å². The van der Waals surface area contributed by atoms with Crippen LogP contribution in [0.15, 0.2) is 36.4 Å². The van der Waals surface area contributed by atoms with E-state index in [9.17, 15) is 0 Å². The Morgan fingerprint density at radius 3 is 2.17 bits per heavy atom. The zero-order valence-electron chi connectivity index (χ0n) is 19.4. The Balaban J connectivity index is 1.36. The highest BCUT2D eigenvalue weighted by atomic mass is 16.5. The SMILES string of the molecule is CCCCOc1ccc(C#CC=CC2CCC(C3CCC(CCC)CC3)CC2)cc1. The van der Waals surface area contributed by atoms with E-state index in [0.717, 1.165) is 54.4 Å². The van der Waals surface area contributed by atoms with Gasteiger partial charge in [0.15, 0.2) is 0 Å². The molecular formula is C29H42O. The van der Waals surface area contributed by atoms with E-state index in [2.05, 4.69) is 50.0 Å². The molecule has 1 aromatic rings. The quantitative estimate of drug-likeness (QED) is 0.312. The molecule has 164 valence electrons. The second-order valence-electron chi connectivity index (χ2n) is 9.60. The predicted molar refractivity (Wildman–Crippen MR) is 129 cm³/mol. The van der Waals surface area contributed by atoms with Gasteiger partial charge in [0.25, 0.3) is 0 Å². The number of hydrogen-bond acceptors (Lipinski definition) is 1. The Hall–Kier alpha value is -1.68. The van der Waals surface area contributed by atoms with Crippen LogP contribution in [0.5, 0.6) is 5.75 Å². The van der Waals surface area contributed by atoms with Crippen molar-refractivity contribution >= 4 is 0 Å². The molecule has 2 fully saturated rings. The summed E-state index contributed by atoms with van der Waals surface area (Å²) in [7, 11) is 0. The summed E-state index contributed by atoms with van der Waals surface area (Å²) in [4.78, 5) is 0. The largest absolute Gasteiger partial charge is 0.494 e. The molecule has 0 heterocycles. The van der Waals surface area contributed by atoms with Crippen LogP contribution in [0.1, 0.15) is 96.5 Å². The zero-order chi connectivity index (χ0) is 21.0. The van der Waals surface area contributed by atoms with Crippen molar-refractivity contribution in [3.05, 3.63) is 42.0 Å². The molecule has 0 N–H and O–H groups in total. The fourth-order valence-corrected chi connectivity index (χ4v) is 5.44. The first-order valence-electron chi connectivity index (χ1n) is 12.7. The minimum atomic E-state index is 0.737. The monoisotopic (exact) mass is 406 g/mol. The van der Waals surface area contributed by atoms with Gasteiger partial charge in [-0.2, -0.15) is 0 Å². The van der Waals surface area contributed by atoms with Crippen LogP contribution >= 0.6 is 0 Å². The molecular weight excluding hydrogens is 364 g/mol. The third kappa shape index (κ3) is 7.54. The molecule has 0 spiro atoms. The lowest BCUT2D eigenvalue weighted by Crippen LogP contribution is -2.25. The van der Waals surface area contributed by atoms with Crippen LogP contribution in [0.25, 0.3) is 0 Å². The van der Waals surface area contributed by atoms with Crippen LogP contribution in [-0.2, 0) is 0 Å². The molecule has 0 unspecified atom stereocenters. The zero-order valence-corrected chi connectivity index (χ0v) is 19.4. The molecule has 0 saturated heterocycles. The number of unbranched alkanes of at least 4 members (excludes halogenated alkanes) is 1. The molecule has 1 nitrogen and oxygen atoms in total. The summed E-state index contributed by atoms with van der Waals surface area (Å²) in [5, 5.41) is 0. The second-order valence-corrected chi connectivity index (χ2v) is 9.60. The van der Waals surface area contributed by atoms with Gasteiger partial charge in [-0.1, -0.05) is 63.9 Å². The number of ether oxygens (including phenoxy) is 1. The van der Waals surface area contributed by atoms with Crippen LogP contribution < -0.4 is 4.74 Å². The predicted octanol–water partition coefficient (Wildman–Crippen LogP) is 8.19. The summed E-state index contributed by atoms with van der Waals surface area (Å²) in [5.74, 6) is 11.2. The van der Waals surface area contributed by atoms with Gasteiger partial charge < -0.3 is 4.74 Å². The molecule has 0 aromatic heterocycles. The first-order chi connectivity index (χ1) is 14.8. The number of benzene rings is 1.